The SMILES string of the molecule is CCC1CCCC(N)(c2c(OC)cccc2OC)CC1. The van der Waals surface area contributed by atoms with Crippen LogP contribution in [-0.4, -0.2) is 14.2 Å². The van der Waals surface area contributed by atoms with Crippen LogP contribution in [0.5, 0.6) is 11.5 Å². The van der Waals surface area contributed by atoms with Gasteiger partial charge in [-0.25, -0.2) is 0 Å². The second-order valence-electron chi connectivity index (χ2n) is 5.90. The summed E-state index contributed by atoms with van der Waals surface area (Å²) in [5.74, 6) is 2.50. The third kappa shape index (κ3) is 2.93. The fourth-order valence-electron chi connectivity index (χ4n) is 3.44. The van der Waals surface area contributed by atoms with E-state index >= 15 is 0 Å². The lowest BCUT2D eigenvalue weighted by atomic mass is 9.82. The van der Waals surface area contributed by atoms with E-state index in [2.05, 4.69) is 6.92 Å². The molecule has 3 heteroatoms. The lowest BCUT2D eigenvalue weighted by Crippen LogP contribution is -2.37. The van der Waals surface area contributed by atoms with Gasteiger partial charge in [-0.3, -0.25) is 0 Å². The third-order valence-electron chi connectivity index (χ3n) is 4.74. The van der Waals surface area contributed by atoms with Crippen molar-refractivity contribution in [3.8, 4) is 11.5 Å². The summed E-state index contributed by atoms with van der Waals surface area (Å²) in [6.07, 6.45) is 6.90. The van der Waals surface area contributed by atoms with Gasteiger partial charge in [0.1, 0.15) is 11.5 Å². The Morgan fingerprint density at radius 2 is 1.80 bits per heavy atom. The van der Waals surface area contributed by atoms with E-state index in [-0.39, 0.29) is 5.54 Å². The Hall–Kier alpha value is -1.22. The first-order chi connectivity index (χ1) is 9.64. The van der Waals surface area contributed by atoms with Crippen molar-refractivity contribution in [2.45, 2.75) is 51.0 Å². The van der Waals surface area contributed by atoms with Crippen molar-refractivity contribution < 1.29 is 9.47 Å². The Bertz CT molecular complexity index is 424. The maximum absolute atomic E-state index is 6.79. The average molecular weight is 277 g/mol. The number of nitrogens with two attached hydrogens (primary N) is 1. The van der Waals surface area contributed by atoms with Crippen LogP contribution in [0.4, 0.5) is 0 Å². The van der Waals surface area contributed by atoms with Gasteiger partial charge in [0.15, 0.2) is 0 Å². The fourth-order valence-corrected chi connectivity index (χ4v) is 3.44. The van der Waals surface area contributed by atoms with Gasteiger partial charge < -0.3 is 15.2 Å². The first-order valence-electron chi connectivity index (χ1n) is 7.65. The van der Waals surface area contributed by atoms with Crippen LogP contribution >= 0.6 is 0 Å². The Balaban J connectivity index is 2.38. The smallest absolute Gasteiger partial charge is 0.127 e. The molecular weight excluding hydrogens is 250 g/mol. The van der Waals surface area contributed by atoms with Crippen molar-refractivity contribution in [3.63, 3.8) is 0 Å². The number of methoxy groups -OCH3 is 2. The minimum absolute atomic E-state index is 0.331. The van der Waals surface area contributed by atoms with Crippen LogP contribution in [0.3, 0.4) is 0 Å². The van der Waals surface area contributed by atoms with Gasteiger partial charge >= 0.3 is 0 Å². The van der Waals surface area contributed by atoms with Gasteiger partial charge in [-0.1, -0.05) is 32.3 Å². The molecule has 0 heterocycles. The van der Waals surface area contributed by atoms with Crippen molar-refractivity contribution in [2.24, 2.45) is 11.7 Å². The highest BCUT2D eigenvalue weighted by molar-refractivity contribution is 5.49. The van der Waals surface area contributed by atoms with Gasteiger partial charge in [0.2, 0.25) is 0 Å². The largest absolute Gasteiger partial charge is 0.496 e. The quantitative estimate of drug-likeness (QED) is 0.850. The first kappa shape index (κ1) is 15.2. The monoisotopic (exact) mass is 277 g/mol. The van der Waals surface area contributed by atoms with Crippen LogP contribution < -0.4 is 15.2 Å². The van der Waals surface area contributed by atoms with E-state index < -0.39 is 0 Å². The Labute approximate surface area is 122 Å². The van der Waals surface area contributed by atoms with E-state index in [0.717, 1.165) is 35.8 Å². The third-order valence-corrected chi connectivity index (χ3v) is 4.74. The summed E-state index contributed by atoms with van der Waals surface area (Å²) in [7, 11) is 3.40. The predicted molar refractivity (Wildman–Crippen MR) is 82.3 cm³/mol. The van der Waals surface area contributed by atoms with Crippen LogP contribution in [-0.2, 0) is 5.54 Å². The van der Waals surface area contributed by atoms with Crippen LogP contribution in [0.25, 0.3) is 0 Å². The maximum atomic E-state index is 6.79. The Morgan fingerprint density at radius 3 is 2.35 bits per heavy atom. The summed E-state index contributed by atoms with van der Waals surface area (Å²) < 4.78 is 11.1. The molecule has 2 unspecified atom stereocenters. The van der Waals surface area contributed by atoms with Crippen LogP contribution in [0.1, 0.15) is 51.0 Å². The molecule has 0 saturated heterocycles. The van der Waals surface area contributed by atoms with Gasteiger partial charge in [0.05, 0.1) is 19.8 Å². The molecule has 1 aromatic rings. The van der Waals surface area contributed by atoms with Gasteiger partial charge in [0, 0.05) is 5.54 Å². The summed E-state index contributed by atoms with van der Waals surface area (Å²) in [5, 5.41) is 0. The zero-order chi connectivity index (χ0) is 14.6. The zero-order valence-corrected chi connectivity index (χ0v) is 12.9. The lowest BCUT2D eigenvalue weighted by molar-refractivity contribution is 0.319. The predicted octanol–water partition coefficient (Wildman–Crippen LogP) is 3.85. The first-order valence-corrected chi connectivity index (χ1v) is 7.65. The number of benzene rings is 1. The number of hydrogen-bond acceptors (Lipinski definition) is 3. The van der Waals surface area contributed by atoms with E-state index in [9.17, 15) is 0 Å². The second kappa shape index (κ2) is 6.49. The minimum atomic E-state index is -0.331. The molecule has 0 amide bonds. The van der Waals surface area contributed by atoms with Gasteiger partial charge in [-0.2, -0.15) is 0 Å². The number of rotatable bonds is 4. The fraction of sp³-hybridized carbons (Fsp3) is 0.647. The molecule has 2 atom stereocenters. The highest BCUT2D eigenvalue weighted by Crippen LogP contribution is 2.44. The molecule has 0 spiro atoms. The zero-order valence-electron chi connectivity index (χ0n) is 12.9. The molecule has 112 valence electrons. The molecule has 2 N–H and O–H groups in total. The summed E-state index contributed by atoms with van der Waals surface area (Å²) in [4.78, 5) is 0. The average Bonchev–Trinajstić information content (AvgIpc) is 2.68. The van der Waals surface area contributed by atoms with Gasteiger partial charge in [-0.05, 0) is 37.3 Å². The molecule has 3 nitrogen and oxygen atoms in total. The summed E-state index contributed by atoms with van der Waals surface area (Å²) in [6, 6.07) is 5.92. The highest BCUT2D eigenvalue weighted by atomic mass is 16.5. The van der Waals surface area contributed by atoms with E-state index in [4.69, 9.17) is 15.2 Å². The minimum Gasteiger partial charge on any atom is -0.496 e. The van der Waals surface area contributed by atoms with Crippen molar-refractivity contribution >= 4 is 0 Å². The second-order valence-corrected chi connectivity index (χ2v) is 5.90. The molecule has 1 aliphatic carbocycles. The van der Waals surface area contributed by atoms with E-state index in [1.807, 2.05) is 18.2 Å². The van der Waals surface area contributed by atoms with E-state index in [1.54, 1.807) is 14.2 Å². The van der Waals surface area contributed by atoms with E-state index in [0.29, 0.717) is 0 Å². The Morgan fingerprint density at radius 1 is 1.15 bits per heavy atom. The summed E-state index contributed by atoms with van der Waals surface area (Å²) in [5.41, 5.74) is 7.50. The van der Waals surface area contributed by atoms with Gasteiger partial charge in [-0.15, -0.1) is 0 Å². The molecule has 0 aliphatic heterocycles. The van der Waals surface area contributed by atoms with Crippen LogP contribution in [0.2, 0.25) is 0 Å². The van der Waals surface area contributed by atoms with Crippen molar-refractivity contribution in [1.82, 2.24) is 0 Å². The molecule has 0 aromatic heterocycles. The van der Waals surface area contributed by atoms with Crippen molar-refractivity contribution in [2.75, 3.05) is 14.2 Å². The topological polar surface area (TPSA) is 44.5 Å². The normalized spacial score (nSPS) is 26.9. The highest BCUT2D eigenvalue weighted by Gasteiger charge is 2.35. The number of ether oxygens (including phenoxy) is 2. The molecule has 1 aliphatic rings. The summed E-state index contributed by atoms with van der Waals surface area (Å²) >= 11 is 0. The molecule has 1 fully saturated rings. The molecule has 2 rings (SSSR count). The molecule has 0 bridgehead atoms. The van der Waals surface area contributed by atoms with E-state index in [1.165, 1.54) is 25.7 Å². The van der Waals surface area contributed by atoms with Crippen LogP contribution in [0, 0.1) is 5.92 Å². The molecule has 1 saturated carbocycles. The summed E-state index contributed by atoms with van der Waals surface area (Å²) in [6.45, 7) is 2.28. The molecule has 20 heavy (non-hydrogen) atoms. The Kier molecular flexibility index (Phi) is 4.92. The standard InChI is InChI=1S/C17H27NO2/c1-4-13-7-6-11-17(18,12-10-13)16-14(19-2)8-5-9-15(16)20-3/h5,8-9,13H,4,6-7,10-12,18H2,1-3H3. The van der Waals surface area contributed by atoms with Crippen LogP contribution in [0.15, 0.2) is 18.2 Å². The molecule has 1 aromatic carbocycles. The molecule has 0 radical (unpaired) electrons. The molecular formula is C17H27NO2. The van der Waals surface area contributed by atoms with Crippen molar-refractivity contribution in [1.29, 1.82) is 0 Å². The number of hydrogen-bond donors (Lipinski definition) is 1. The lowest BCUT2D eigenvalue weighted by Gasteiger charge is -2.31. The van der Waals surface area contributed by atoms with Gasteiger partial charge in [0.25, 0.3) is 0 Å². The van der Waals surface area contributed by atoms with Crippen molar-refractivity contribution in [3.05, 3.63) is 23.8 Å². The maximum Gasteiger partial charge on any atom is 0.127 e.